The first-order valence-corrected chi connectivity index (χ1v) is 13.0. The maximum absolute atomic E-state index is 12.7. The molecule has 1 fully saturated rings. The SMILES string of the molecule is O=C(NCC1COc2ccccc2O1)c1csc(C2CCN(C(=O)Cc3ccccc3Cl)CC2)n1. The zero-order chi connectivity index (χ0) is 24.2. The van der Waals surface area contributed by atoms with Gasteiger partial charge in [0.1, 0.15) is 18.4 Å². The number of halogens is 1. The van der Waals surface area contributed by atoms with Gasteiger partial charge in [-0.1, -0.05) is 41.9 Å². The Bertz CT molecular complexity index is 1210. The number of hydrogen-bond donors (Lipinski definition) is 1. The van der Waals surface area contributed by atoms with Crippen molar-refractivity contribution in [3.05, 3.63) is 75.2 Å². The summed E-state index contributed by atoms with van der Waals surface area (Å²) < 4.78 is 11.6. The Morgan fingerprint density at radius 3 is 2.63 bits per heavy atom. The fraction of sp³-hybridized carbons (Fsp3) is 0.346. The summed E-state index contributed by atoms with van der Waals surface area (Å²) in [5.41, 5.74) is 1.27. The van der Waals surface area contributed by atoms with Crippen molar-refractivity contribution in [3.8, 4) is 11.5 Å². The van der Waals surface area contributed by atoms with E-state index in [1.807, 2.05) is 53.4 Å². The van der Waals surface area contributed by atoms with Gasteiger partial charge in [0.05, 0.1) is 18.0 Å². The number of benzene rings is 2. The Kier molecular flexibility index (Phi) is 7.20. The van der Waals surface area contributed by atoms with E-state index < -0.39 is 0 Å². The van der Waals surface area contributed by atoms with Crippen LogP contribution >= 0.6 is 22.9 Å². The monoisotopic (exact) mass is 511 g/mol. The number of carbonyl (C=O) groups excluding carboxylic acids is 2. The van der Waals surface area contributed by atoms with Crippen LogP contribution in [0.1, 0.15) is 39.8 Å². The molecule has 0 spiro atoms. The second-order valence-corrected chi connectivity index (χ2v) is 10.00. The lowest BCUT2D eigenvalue weighted by Crippen LogP contribution is -2.40. The van der Waals surface area contributed by atoms with Gasteiger partial charge in [0, 0.05) is 29.4 Å². The summed E-state index contributed by atoms with van der Waals surface area (Å²) >= 11 is 7.70. The molecule has 0 radical (unpaired) electrons. The Labute approximate surface area is 213 Å². The number of fused-ring (bicyclic) bond motifs is 1. The summed E-state index contributed by atoms with van der Waals surface area (Å²) in [7, 11) is 0. The zero-order valence-electron chi connectivity index (χ0n) is 19.1. The molecule has 1 aromatic heterocycles. The van der Waals surface area contributed by atoms with E-state index in [-0.39, 0.29) is 23.8 Å². The van der Waals surface area contributed by atoms with Gasteiger partial charge in [-0.15, -0.1) is 11.3 Å². The van der Waals surface area contributed by atoms with Crippen LogP contribution in [-0.4, -0.2) is 54.0 Å². The number of para-hydroxylation sites is 2. The van der Waals surface area contributed by atoms with Gasteiger partial charge < -0.3 is 19.7 Å². The van der Waals surface area contributed by atoms with Crippen molar-refractivity contribution in [1.82, 2.24) is 15.2 Å². The highest BCUT2D eigenvalue weighted by Crippen LogP contribution is 2.32. The van der Waals surface area contributed by atoms with Crippen molar-refractivity contribution >= 4 is 34.8 Å². The topological polar surface area (TPSA) is 80.8 Å². The van der Waals surface area contributed by atoms with Crippen molar-refractivity contribution < 1.29 is 19.1 Å². The van der Waals surface area contributed by atoms with E-state index in [2.05, 4.69) is 10.3 Å². The normalized spacial score (nSPS) is 17.7. The molecule has 1 saturated heterocycles. The van der Waals surface area contributed by atoms with Crippen molar-refractivity contribution in [2.75, 3.05) is 26.2 Å². The summed E-state index contributed by atoms with van der Waals surface area (Å²) in [6, 6.07) is 15.0. The number of rotatable bonds is 6. The number of carbonyl (C=O) groups is 2. The number of hydrogen-bond acceptors (Lipinski definition) is 6. The number of nitrogens with one attached hydrogen (secondary N) is 1. The summed E-state index contributed by atoms with van der Waals surface area (Å²) in [5, 5.41) is 6.27. The second kappa shape index (κ2) is 10.7. The third kappa shape index (κ3) is 5.60. The lowest BCUT2D eigenvalue weighted by atomic mass is 9.97. The molecule has 3 aromatic rings. The maximum atomic E-state index is 12.7. The van der Waals surface area contributed by atoms with Gasteiger partial charge in [0.2, 0.25) is 5.91 Å². The molecule has 1 N–H and O–H groups in total. The predicted molar refractivity (Wildman–Crippen MR) is 135 cm³/mol. The van der Waals surface area contributed by atoms with E-state index in [1.54, 1.807) is 5.38 Å². The molecule has 0 saturated carbocycles. The standard InChI is InChI=1S/C26H26ClN3O4S/c27-20-6-2-1-5-18(20)13-24(31)30-11-9-17(10-12-30)26-29-21(16-35-26)25(32)28-14-19-15-33-22-7-3-4-8-23(22)34-19/h1-8,16-17,19H,9-15H2,(H,28,32). The van der Waals surface area contributed by atoms with Crippen molar-refractivity contribution in [2.24, 2.45) is 0 Å². The van der Waals surface area contributed by atoms with Gasteiger partial charge in [0.25, 0.3) is 5.91 Å². The van der Waals surface area contributed by atoms with E-state index in [9.17, 15) is 9.59 Å². The van der Waals surface area contributed by atoms with Gasteiger partial charge in [-0.3, -0.25) is 9.59 Å². The Balaban J connectivity index is 1.10. The number of thiazole rings is 1. The minimum absolute atomic E-state index is 0.0901. The first-order chi connectivity index (χ1) is 17.1. The van der Waals surface area contributed by atoms with Crippen molar-refractivity contribution in [2.45, 2.75) is 31.3 Å². The van der Waals surface area contributed by atoms with Gasteiger partial charge in [-0.05, 0) is 36.6 Å². The zero-order valence-corrected chi connectivity index (χ0v) is 20.7. The average molecular weight is 512 g/mol. The second-order valence-electron chi connectivity index (χ2n) is 8.70. The predicted octanol–water partition coefficient (Wildman–Crippen LogP) is 4.32. The number of amides is 2. The number of nitrogens with zero attached hydrogens (tertiary/aromatic N) is 2. The molecule has 1 unspecified atom stereocenters. The minimum atomic E-state index is -0.250. The highest BCUT2D eigenvalue weighted by Gasteiger charge is 2.27. The number of piperidine rings is 1. The van der Waals surface area contributed by atoms with E-state index in [1.165, 1.54) is 11.3 Å². The lowest BCUT2D eigenvalue weighted by Gasteiger charge is -2.31. The minimum Gasteiger partial charge on any atom is -0.486 e. The van der Waals surface area contributed by atoms with E-state index in [0.717, 1.165) is 29.2 Å². The lowest BCUT2D eigenvalue weighted by molar-refractivity contribution is -0.131. The molecular formula is C26H26ClN3O4S. The first-order valence-electron chi connectivity index (χ1n) is 11.7. The molecule has 2 aromatic carbocycles. The Morgan fingerprint density at radius 1 is 1.09 bits per heavy atom. The summed E-state index contributed by atoms with van der Waals surface area (Å²) in [6.45, 7) is 2.07. The van der Waals surface area contributed by atoms with Gasteiger partial charge >= 0.3 is 0 Å². The number of ether oxygens (including phenoxy) is 2. The van der Waals surface area contributed by atoms with Gasteiger partial charge in [0.15, 0.2) is 11.5 Å². The van der Waals surface area contributed by atoms with Crippen LogP contribution < -0.4 is 14.8 Å². The highest BCUT2D eigenvalue weighted by atomic mass is 35.5. The van der Waals surface area contributed by atoms with Crippen LogP contribution in [0.3, 0.4) is 0 Å². The highest BCUT2D eigenvalue weighted by molar-refractivity contribution is 7.09. The van der Waals surface area contributed by atoms with E-state index in [0.29, 0.717) is 49.1 Å². The Morgan fingerprint density at radius 2 is 1.83 bits per heavy atom. The van der Waals surface area contributed by atoms with Gasteiger partial charge in [-0.2, -0.15) is 0 Å². The smallest absolute Gasteiger partial charge is 0.270 e. The molecule has 2 aliphatic rings. The third-order valence-electron chi connectivity index (χ3n) is 6.31. The fourth-order valence-corrected chi connectivity index (χ4v) is 5.51. The van der Waals surface area contributed by atoms with E-state index >= 15 is 0 Å². The molecule has 3 heterocycles. The first kappa shape index (κ1) is 23.6. The fourth-order valence-electron chi connectivity index (χ4n) is 4.33. The van der Waals surface area contributed by atoms with Crippen LogP contribution in [-0.2, 0) is 11.2 Å². The maximum Gasteiger partial charge on any atom is 0.270 e. The molecule has 9 heteroatoms. The molecule has 35 heavy (non-hydrogen) atoms. The molecule has 2 amide bonds. The van der Waals surface area contributed by atoms with Crippen LogP contribution in [0.2, 0.25) is 5.02 Å². The van der Waals surface area contributed by atoms with Gasteiger partial charge in [-0.25, -0.2) is 4.98 Å². The van der Waals surface area contributed by atoms with E-state index in [4.69, 9.17) is 21.1 Å². The summed E-state index contributed by atoms with van der Waals surface area (Å²) in [5.74, 6) is 1.52. The largest absolute Gasteiger partial charge is 0.486 e. The molecule has 182 valence electrons. The summed E-state index contributed by atoms with van der Waals surface area (Å²) in [6.07, 6.45) is 1.72. The van der Waals surface area contributed by atoms with Crippen molar-refractivity contribution in [1.29, 1.82) is 0 Å². The van der Waals surface area contributed by atoms with Crippen LogP contribution in [0.15, 0.2) is 53.9 Å². The van der Waals surface area contributed by atoms with Crippen LogP contribution in [0.4, 0.5) is 0 Å². The molecule has 5 rings (SSSR count). The molecule has 0 aliphatic carbocycles. The van der Waals surface area contributed by atoms with Crippen molar-refractivity contribution in [3.63, 3.8) is 0 Å². The average Bonchev–Trinajstić information content (AvgIpc) is 3.39. The molecular weight excluding hydrogens is 486 g/mol. The molecule has 1 atom stereocenters. The molecule has 2 aliphatic heterocycles. The number of likely N-dealkylation sites (tertiary alicyclic amines) is 1. The van der Waals surface area contributed by atoms with Crippen LogP contribution in [0, 0.1) is 0 Å². The van der Waals surface area contributed by atoms with Crippen LogP contribution in [0.25, 0.3) is 0 Å². The third-order valence-corrected chi connectivity index (χ3v) is 7.68. The molecule has 0 bridgehead atoms. The Hall–Kier alpha value is -3.10. The molecule has 7 nitrogen and oxygen atoms in total. The van der Waals surface area contributed by atoms with Crippen LogP contribution in [0.5, 0.6) is 11.5 Å². The number of aromatic nitrogens is 1. The summed E-state index contributed by atoms with van der Waals surface area (Å²) in [4.78, 5) is 31.8. The quantitative estimate of drug-likeness (QED) is 0.533.